The molecular weight excluding hydrogens is 395 g/mol. The third-order valence-electron chi connectivity index (χ3n) is 5.09. The standard InChI is InChI=1S/C19H20ClFN8/c1-10-8-28(4-3-22-10)13-6-14(20)17-16(7-13)25-26-18(17)24-12-5-15(21)19-23-11(2)27-29(19)9-12/h5-7,9-10,22H,3-4,8H2,1-2H3,(H2,24,25,26)/t10-/m0/s1. The van der Waals surface area contributed by atoms with Crippen LogP contribution in [0.1, 0.15) is 12.7 Å². The highest BCUT2D eigenvalue weighted by molar-refractivity contribution is 6.36. The summed E-state index contributed by atoms with van der Waals surface area (Å²) in [4.78, 5) is 6.37. The van der Waals surface area contributed by atoms with Crippen molar-refractivity contribution in [1.82, 2.24) is 30.1 Å². The molecule has 3 N–H and O–H groups in total. The number of hydrogen-bond donors (Lipinski definition) is 3. The minimum absolute atomic E-state index is 0.188. The van der Waals surface area contributed by atoms with Crippen molar-refractivity contribution in [3.63, 3.8) is 0 Å². The topological polar surface area (TPSA) is 86.2 Å². The van der Waals surface area contributed by atoms with E-state index in [1.807, 2.05) is 12.1 Å². The summed E-state index contributed by atoms with van der Waals surface area (Å²) in [6.45, 7) is 6.65. The number of anilines is 3. The largest absolute Gasteiger partial charge is 0.369 e. The third-order valence-corrected chi connectivity index (χ3v) is 5.39. The van der Waals surface area contributed by atoms with Gasteiger partial charge >= 0.3 is 0 Å². The number of benzene rings is 1. The number of nitrogens with one attached hydrogen (secondary N) is 3. The maximum absolute atomic E-state index is 14.3. The first-order valence-electron chi connectivity index (χ1n) is 9.43. The predicted molar refractivity (Wildman–Crippen MR) is 112 cm³/mol. The minimum Gasteiger partial charge on any atom is -0.369 e. The molecule has 1 aromatic carbocycles. The van der Waals surface area contributed by atoms with E-state index in [4.69, 9.17) is 11.6 Å². The molecule has 29 heavy (non-hydrogen) atoms. The third kappa shape index (κ3) is 3.26. The van der Waals surface area contributed by atoms with Crippen LogP contribution in [-0.4, -0.2) is 50.5 Å². The molecule has 0 aliphatic carbocycles. The number of aromatic nitrogens is 5. The van der Waals surface area contributed by atoms with Crippen molar-refractivity contribution in [1.29, 1.82) is 0 Å². The molecule has 8 nitrogen and oxygen atoms in total. The van der Waals surface area contributed by atoms with E-state index in [-0.39, 0.29) is 5.65 Å². The van der Waals surface area contributed by atoms with Crippen LogP contribution >= 0.6 is 11.6 Å². The second-order valence-corrected chi connectivity index (χ2v) is 7.76. The molecule has 4 heterocycles. The quantitative estimate of drug-likeness (QED) is 0.477. The van der Waals surface area contributed by atoms with Gasteiger partial charge in [0, 0.05) is 37.4 Å². The number of hydrogen-bond acceptors (Lipinski definition) is 6. The van der Waals surface area contributed by atoms with E-state index in [0.717, 1.165) is 36.2 Å². The summed E-state index contributed by atoms with van der Waals surface area (Å²) in [7, 11) is 0. The molecule has 10 heteroatoms. The van der Waals surface area contributed by atoms with Gasteiger partial charge in [0.05, 0.1) is 27.8 Å². The van der Waals surface area contributed by atoms with Gasteiger partial charge in [0.15, 0.2) is 17.3 Å². The van der Waals surface area contributed by atoms with E-state index in [0.29, 0.717) is 28.4 Å². The maximum Gasteiger partial charge on any atom is 0.191 e. The van der Waals surface area contributed by atoms with Crippen molar-refractivity contribution in [2.75, 3.05) is 29.9 Å². The Labute approximate surface area is 171 Å². The number of pyridine rings is 1. The molecule has 1 saturated heterocycles. The molecule has 0 saturated carbocycles. The number of nitrogens with zero attached hydrogens (tertiary/aromatic N) is 5. The first-order valence-corrected chi connectivity index (χ1v) is 9.81. The molecule has 0 unspecified atom stereocenters. The van der Waals surface area contributed by atoms with Gasteiger partial charge in [0.25, 0.3) is 0 Å². The molecule has 4 aromatic rings. The van der Waals surface area contributed by atoms with Gasteiger partial charge < -0.3 is 15.5 Å². The van der Waals surface area contributed by atoms with Gasteiger partial charge in [-0.25, -0.2) is 13.9 Å². The van der Waals surface area contributed by atoms with Crippen LogP contribution in [0.2, 0.25) is 5.02 Å². The van der Waals surface area contributed by atoms with E-state index in [1.54, 1.807) is 13.1 Å². The van der Waals surface area contributed by atoms with Gasteiger partial charge in [0.1, 0.15) is 5.82 Å². The fraction of sp³-hybridized carbons (Fsp3) is 0.316. The van der Waals surface area contributed by atoms with Crippen LogP contribution in [0.3, 0.4) is 0 Å². The number of fused-ring (bicyclic) bond motifs is 2. The van der Waals surface area contributed by atoms with E-state index in [9.17, 15) is 4.39 Å². The Morgan fingerprint density at radius 1 is 1.31 bits per heavy atom. The van der Waals surface area contributed by atoms with Crippen LogP contribution in [0.4, 0.5) is 21.6 Å². The molecule has 0 radical (unpaired) electrons. The molecule has 1 atom stereocenters. The fourth-order valence-corrected chi connectivity index (χ4v) is 4.09. The number of rotatable bonds is 3. The second kappa shape index (κ2) is 6.85. The lowest BCUT2D eigenvalue weighted by molar-refractivity contribution is 0.485. The summed E-state index contributed by atoms with van der Waals surface area (Å²) in [5.74, 6) is 0.571. The van der Waals surface area contributed by atoms with Crippen LogP contribution in [0.15, 0.2) is 24.4 Å². The fourth-order valence-electron chi connectivity index (χ4n) is 3.79. The van der Waals surface area contributed by atoms with E-state index < -0.39 is 5.82 Å². The smallest absolute Gasteiger partial charge is 0.191 e. The molecule has 5 rings (SSSR count). The van der Waals surface area contributed by atoms with Crippen molar-refractivity contribution in [3.05, 3.63) is 41.1 Å². The van der Waals surface area contributed by atoms with Gasteiger partial charge in [0.2, 0.25) is 0 Å². The number of H-pyrrole nitrogens is 1. The summed E-state index contributed by atoms with van der Waals surface area (Å²) in [6, 6.07) is 5.78. The molecule has 150 valence electrons. The van der Waals surface area contributed by atoms with Crippen molar-refractivity contribution in [2.45, 2.75) is 19.9 Å². The van der Waals surface area contributed by atoms with Gasteiger partial charge in [-0.3, -0.25) is 5.10 Å². The second-order valence-electron chi connectivity index (χ2n) is 7.35. The van der Waals surface area contributed by atoms with E-state index in [1.165, 1.54) is 10.6 Å². The lowest BCUT2D eigenvalue weighted by Gasteiger charge is -2.33. The van der Waals surface area contributed by atoms with Crippen molar-refractivity contribution >= 4 is 45.3 Å². The Bertz CT molecular complexity index is 1220. The lowest BCUT2D eigenvalue weighted by atomic mass is 10.1. The van der Waals surface area contributed by atoms with Crippen molar-refractivity contribution in [3.8, 4) is 0 Å². The summed E-state index contributed by atoms with van der Waals surface area (Å²) < 4.78 is 15.8. The average molecular weight is 415 g/mol. The first-order chi connectivity index (χ1) is 14.0. The zero-order valence-electron chi connectivity index (χ0n) is 16.0. The lowest BCUT2D eigenvalue weighted by Crippen LogP contribution is -2.49. The highest BCUT2D eigenvalue weighted by Crippen LogP contribution is 2.35. The van der Waals surface area contributed by atoms with Crippen LogP contribution < -0.4 is 15.5 Å². The normalized spacial score (nSPS) is 17.4. The molecule has 0 spiro atoms. The van der Waals surface area contributed by atoms with Gasteiger partial charge in [-0.15, -0.1) is 0 Å². The predicted octanol–water partition coefficient (Wildman–Crippen LogP) is 3.25. The zero-order chi connectivity index (χ0) is 20.1. The Balaban J connectivity index is 1.50. The maximum atomic E-state index is 14.3. The molecule has 1 aliphatic heterocycles. The molecule has 1 aliphatic rings. The number of aromatic amines is 1. The Hall–Kier alpha value is -2.91. The highest BCUT2D eigenvalue weighted by Gasteiger charge is 2.19. The summed E-state index contributed by atoms with van der Waals surface area (Å²) in [5, 5.41) is 19.5. The first kappa shape index (κ1) is 18.1. The number of piperazine rings is 1. The van der Waals surface area contributed by atoms with Crippen molar-refractivity contribution in [2.24, 2.45) is 0 Å². The zero-order valence-corrected chi connectivity index (χ0v) is 16.8. The Morgan fingerprint density at radius 2 is 2.17 bits per heavy atom. The minimum atomic E-state index is -0.461. The average Bonchev–Trinajstić information content (AvgIpc) is 3.25. The Morgan fingerprint density at radius 3 is 3.00 bits per heavy atom. The van der Waals surface area contributed by atoms with Crippen LogP contribution in [-0.2, 0) is 0 Å². The van der Waals surface area contributed by atoms with Crippen LogP contribution in [0.25, 0.3) is 16.6 Å². The molecular formula is C19H20ClFN8. The van der Waals surface area contributed by atoms with E-state index in [2.05, 4.69) is 42.7 Å². The van der Waals surface area contributed by atoms with Crippen LogP contribution in [0.5, 0.6) is 0 Å². The summed E-state index contributed by atoms with van der Waals surface area (Å²) >= 11 is 6.62. The summed E-state index contributed by atoms with van der Waals surface area (Å²) in [5.41, 5.74) is 2.56. The Kier molecular flexibility index (Phi) is 4.29. The van der Waals surface area contributed by atoms with Gasteiger partial charge in [-0.2, -0.15) is 10.2 Å². The molecule has 1 fully saturated rings. The number of aryl methyl sites for hydroxylation is 1. The summed E-state index contributed by atoms with van der Waals surface area (Å²) in [6.07, 6.45) is 1.67. The molecule has 0 amide bonds. The van der Waals surface area contributed by atoms with Crippen molar-refractivity contribution < 1.29 is 4.39 Å². The van der Waals surface area contributed by atoms with Gasteiger partial charge in [-0.05, 0) is 26.0 Å². The van der Waals surface area contributed by atoms with Gasteiger partial charge in [-0.1, -0.05) is 11.6 Å². The SMILES string of the molecule is Cc1nc2c(F)cc(Nc3n[nH]c4cc(N5CCN[C@@H](C)C5)cc(Cl)c34)cn2n1. The number of halogens is 2. The van der Waals surface area contributed by atoms with Crippen LogP contribution in [0, 0.1) is 12.7 Å². The molecule has 3 aromatic heterocycles. The van der Waals surface area contributed by atoms with E-state index >= 15 is 0 Å². The monoisotopic (exact) mass is 414 g/mol. The molecule has 0 bridgehead atoms. The highest BCUT2D eigenvalue weighted by atomic mass is 35.5.